The monoisotopic (exact) mass is 403 g/mol. The maximum atomic E-state index is 14.2. The van der Waals surface area contributed by atoms with E-state index in [-0.39, 0.29) is 11.3 Å². The molecule has 0 radical (unpaired) electrons. The molecule has 5 aromatic rings. The lowest BCUT2D eigenvalue weighted by Gasteiger charge is -2.20. The van der Waals surface area contributed by atoms with Crippen LogP contribution in [0.3, 0.4) is 0 Å². The number of rotatable bonds is 4. The molecule has 0 aliphatic heterocycles. The molecule has 0 aliphatic rings. The van der Waals surface area contributed by atoms with E-state index in [1.54, 1.807) is 41.5 Å². The number of hydrogen-bond acceptors (Lipinski definition) is 5. The molecule has 0 saturated heterocycles. The number of aromatic nitrogens is 5. The van der Waals surface area contributed by atoms with E-state index in [2.05, 4.69) is 20.2 Å². The Labute approximate surface area is 170 Å². The molecule has 5 rings (SSSR count). The second-order valence-corrected chi connectivity index (χ2v) is 7.35. The SMILES string of the molecule is Cn1cc(-c2cnc3[nH]cc(-c4cc(C(C)(O)c5ccccc5F)on4)c3c2)cn1. The molecule has 0 fully saturated rings. The molecule has 0 amide bonds. The Morgan fingerprint density at radius 2 is 2.00 bits per heavy atom. The van der Waals surface area contributed by atoms with Gasteiger partial charge in [0.1, 0.15) is 22.8 Å². The van der Waals surface area contributed by atoms with Gasteiger partial charge in [-0.05, 0) is 19.1 Å². The van der Waals surface area contributed by atoms with Gasteiger partial charge in [-0.1, -0.05) is 23.4 Å². The van der Waals surface area contributed by atoms with Gasteiger partial charge in [-0.2, -0.15) is 5.10 Å². The van der Waals surface area contributed by atoms with E-state index < -0.39 is 11.4 Å². The van der Waals surface area contributed by atoms with Crippen molar-refractivity contribution in [3.8, 4) is 22.4 Å². The van der Waals surface area contributed by atoms with Crippen LogP contribution in [-0.4, -0.2) is 30.0 Å². The topological polar surface area (TPSA) is 92.8 Å². The Balaban J connectivity index is 1.57. The molecule has 2 N–H and O–H groups in total. The van der Waals surface area contributed by atoms with Crippen molar-refractivity contribution in [2.75, 3.05) is 0 Å². The molecule has 30 heavy (non-hydrogen) atoms. The summed E-state index contributed by atoms with van der Waals surface area (Å²) in [6.45, 7) is 1.48. The highest BCUT2D eigenvalue weighted by Gasteiger charge is 2.33. The Morgan fingerprint density at radius 3 is 2.77 bits per heavy atom. The van der Waals surface area contributed by atoms with E-state index in [9.17, 15) is 9.50 Å². The second-order valence-electron chi connectivity index (χ2n) is 7.35. The number of H-pyrrole nitrogens is 1. The van der Waals surface area contributed by atoms with Gasteiger partial charge in [0.2, 0.25) is 0 Å². The van der Waals surface area contributed by atoms with Crippen LogP contribution in [0.15, 0.2) is 65.7 Å². The molecule has 1 aromatic carbocycles. The highest BCUT2D eigenvalue weighted by atomic mass is 19.1. The lowest BCUT2D eigenvalue weighted by Crippen LogP contribution is -2.23. The number of hydrogen-bond donors (Lipinski definition) is 2. The summed E-state index contributed by atoms with van der Waals surface area (Å²) in [6.07, 6.45) is 7.24. The highest BCUT2D eigenvalue weighted by molar-refractivity contribution is 5.94. The van der Waals surface area contributed by atoms with Gasteiger partial charge in [-0.3, -0.25) is 4.68 Å². The zero-order chi connectivity index (χ0) is 20.9. The third-order valence-corrected chi connectivity index (χ3v) is 5.23. The van der Waals surface area contributed by atoms with Crippen LogP contribution in [0, 0.1) is 5.82 Å². The predicted octanol–water partition coefficient (Wildman–Crippen LogP) is 4.01. The molecule has 0 aliphatic carbocycles. The minimum atomic E-state index is -1.66. The predicted molar refractivity (Wildman–Crippen MR) is 109 cm³/mol. The van der Waals surface area contributed by atoms with Crippen molar-refractivity contribution in [2.24, 2.45) is 7.05 Å². The summed E-state index contributed by atoms with van der Waals surface area (Å²) < 4.78 is 21.4. The van der Waals surface area contributed by atoms with Crippen molar-refractivity contribution in [1.29, 1.82) is 0 Å². The van der Waals surface area contributed by atoms with E-state index in [1.165, 1.54) is 19.1 Å². The van der Waals surface area contributed by atoms with Crippen LogP contribution in [0.2, 0.25) is 0 Å². The number of aromatic amines is 1. The third kappa shape index (κ3) is 2.89. The van der Waals surface area contributed by atoms with Gasteiger partial charge in [0.05, 0.1) is 6.20 Å². The molecule has 8 heteroatoms. The van der Waals surface area contributed by atoms with Crippen molar-refractivity contribution in [3.63, 3.8) is 0 Å². The van der Waals surface area contributed by atoms with E-state index >= 15 is 0 Å². The van der Waals surface area contributed by atoms with Crippen molar-refractivity contribution in [1.82, 2.24) is 24.9 Å². The van der Waals surface area contributed by atoms with Crippen LogP contribution in [0.1, 0.15) is 18.2 Å². The molecule has 0 bridgehead atoms. The van der Waals surface area contributed by atoms with Crippen LogP contribution < -0.4 is 0 Å². The molecular weight excluding hydrogens is 385 g/mol. The number of nitrogens with one attached hydrogen (secondary N) is 1. The number of benzene rings is 1. The summed E-state index contributed by atoms with van der Waals surface area (Å²) in [5.41, 5.74) is 2.29. The van der Waals surface area contributed by atoms with Crippen LogP contribution in [0.5, 0.6) is 0 Å². The largest absolute Gasteiger partial charge is 0.377 e. The number of fused-ring (bicyclic) bond motifs is 1. The zero-order valence-corrected chi connectivity index (χ0v) is 16.3. The first kappa shape index (κ1) is 18.3. The summed E-state index contributed by atoms with van der Waals surface area (Å²) in [6, 6.07) is 9.66. The van der Waals surface area contributed by atoms with E-state index in [0.29, 0.717) is 11.3 Å². The van der Waals surface area contributed by atoms with Crippen molar-refractivity contribution >= 4 is 11.0 Å². The summed E-state index contributed by atoms with van der Waals surface area (Å²) in [5, 5.41) is 20.1. The van der Waals surface area contributed by atoms with Crippen molar-refractivity contribution < 1.29 is 14.0 Å². The number of aryl methyl sites for hydroxylation is 1. The highest BCUT2D eigenvalue weighted by Crippen LogP contribution is 2.35. The first-order chi connectivity index (χ1) is 14.4. The van der Waals surface area contributed by atoms with E-state index in [4.69, 9.17) is 4.52 Å². The summed E-state index contributed by atoms with van der Waals surface area (Å²) in [7, 11) is 1.86. The summed E-state index contributed by atoms with van der Waals surface area (Å²) in [5.74, 6) is -0.369. The minimum Gasteiger partial charge on any atom is -0.377 e. The van der Waals surface area contributed by atoms with E-state index in [1.807, 2.05) is 19.3 Å². The Hall–Kier alpha value is -3.78. The Bertz CT molecular complexity index is 1360. The van der Waals surface area contributed by atoms with Gasteiger partial charge in [0.15, 0.2) is 5.76 Å². The van der Waals surface area contributed by atoms with Crippen LogP contribution in [-0.2, 0) is 12.6 Å². The molecule has 1 atom stereocenters. The first-order valence-electron chi connectivity index (χ1n) is 9.34. The maximum absolute atomic E-state index is 14.2. The molecule has 7 nitrogen and oxygen atoms in total. The smallest absolute Gasteiger partial charge is 0.173 e. The molecule has 1 unspecified atom stereocenters. The number of pyridine rings is 1. The quantitative estimate of drug-likeness (QED) is 0.473. The fourth-order valence-electron chi connectivity index (χ4n) is 3.56. The van der Waals surface area contributed by atoms with Gasteiger partial charge in [0, 0.05) is 59.3 Å². The van der Waals surface area contributed by atoms with Crippen LogP contribution in [0.25, 0.3) is 33.4 Å². The fraction of sp³-hybridized carbons (Fsp3) is 0.136. The van der Waals surface area contributed by atoms with Crippen molar-refractivity contribution in [3.05, 3.63) is 78.3 Å². The average molecular weight is 403 g/mol. The Morgan fingerprint density at radius 1 is 1.17 bits per heavy atom. The normalized spacial score (nSPS) is 13.6. The summed E-state index contributed by atoms with van der Waals surface area (Å²) >= 11 is 0. The van der Waals surface area contributed by atoms with Gasteiger partial charge < -0.3 is 14.6 Å². The number of nitrogens with zero attached hydrogens (tertiary/aromatic N) is 4. The van der Waals surface area contributed by atoms with Gasteiger partial charge >= 0.3 is 0 Å². The zero-order valence-electron chi connectivity index (χ0n) is 16.3. The minimum absolute atomic E-state index is 0.118. The molecular formula is C22H18FN5O2. The fourth-order valence-corrected chi connectivity index (χ4v) is 3.56. The average Bonchev–Trinajstić information content (AvgIpc) is 3.46. The standard InChI is InChI=1S/C22H18FN5O2/c1-22(29,17-5-3-4-6-18(17)23)20-8-19(27-30-20)16-11-25-21-15(16)7-13(9-24-21)14-10-26-28(2)12-14/h3-12,29H,1-2H3,(H,24,25). The molecule has 4 heterocycles. The lowest BCUT2D eigenvalue weighted by molar-refractivity contribution is 0.0658. The van der Waals surface area contributed by atoms with Gasteiger partial charge in [-0.25, -0.2) is 9.37 Å². The summed E-state index contributed by atoms with van der Waals surface area (Å²) in [4.78, 5) is 7.60. The van der Waals surface area contributed by atoms with E-state index in [0.717, 1.165) is 22.1 Å². The van der Waals surface area contributed by atoms with Gasteiger partial charge in [-0.15, -0.1) is 0 Å². The molecule has 4 aromatic heterocycles. The maximum Gasteiger partial charge on any atom is 0.173 e. The number of halogens is 1. The lowest BCUT2D eigenvalue weighted by atomic mass is 9.92. The second kappa shape index (κ2) is 6.64. The third-order valence-electron chi connectivity index (χ3n) is 5.23. The molecule has 0 saturated carbocycles. The van der Waals surface area contributed by atoms with Gasteiger partial charge in [0.25, 0.3) is 0 Å². The Kier molecular flexibility index (Phi) is 4.04. The first-order valence-corrected chi connectivity index (χ1v) is 9.34. The molecule has 150 valence electrons. The van der Waals surface area contributed by atoms with Crippen LogP contribution in [0.4, 0.5) is 4.39 Å². The molecule has 0 spiro atoms. The van der Waals surface area contributed by atoms with Crippen LogP contribution >= 0.6 is 0 Å². The van der Waals surface area contributed by atoms with Crippen molar-refractivity contribution in [2.45, 2.75) is 12.5 Å². The number of aliphatic hydroxyl groups is 1.